The summed E-state index contributed by atoms with van der Waals surface area (Å²) in [6, 6.07) is 19.0. The second-order valence-electron chi connectivity index (χ2n) is 6.10. The summed E-state index contributed by atoms with van der Waals surface area (Å²) < 4.78 is 7.31. The smallest absolute Gasteiger partial charge is 0.251 e. The maximum Gasteiger partial charge on any atom is 0.251 e. The molecule has 0 aliphatic carbocycles. The minimum Gasteiger partial charge on any atom is -0.444 e. The standard InChI is InChI=1S/C21H18N4O2/c26-20(18-9-4-6-16(12-18)14-25-11-5-10-23-25)22-13-19-15-27-21(24-19)17-7-2-1-3-8-17/h1-12,15H,13-14H2,(H,22,26). The molecule has 2 aromatic carbocycles. The molecule has 134 valence electrons. The maximum absolute atomic E-state index is 12.5. The van der Waals surface area contributed by atoms with Crippen molar-refractivity contribution in [2.24, 2.45) is 0 Å². The average Bonchev–Trinajstić information content (AvgIpc) is 3.39. The molecule has 0 bridgehead atoms. The van der Waals surface area contributed by atoms with Crippen LogP contribution in [0.3, 0.4) is 0 Å². The molecule has 2 aromatic heterocycles. The van der Waals surface area contributed by atoms with Crippen LogP contribution in [0.4, 0.5) is 0 Å². The van der Waals surface area contributed by atoms with Crippen LogP contribution in [0.5, 0.6) is 0 Å². The Kier molecular flexibility index (Phi) is 4.78. The monoisotopic (exact) mass is 358 g/mol. The number of amides is 1. The quantitative estimate of drug-likeness (QED) is 0.572. The Morgan fingerprint density at radius 3 is 2.78 bits per heavy atom. The molecule has 0 fully saturated rings. The number of rotatable bonds is 6. The molecule has 27 heavy (non-hydrogen) atoms. The molecule has 4 aromatic rings. The number of hydrogen-bond donors (Lipinski definition) is 1. The summed E-state index contributed by atoms with van der Waals surface area (Å²) in [6.07, 6.45) is 5.19. The summed E-state index contributed by atoms with van der Waals surface area (Å²) in [5, 5.41) is 7.07. The molecule has 0 aliphatic heterocycles. The first-order valence-electron chi connectivity index (χ1n) is 8.62. The molecule has 0 unspecified atom stereocenters. The summed E-state index contributed by atoms with van der Waals surface area (Å²) in [6.45, 7) is 0.927. The molecule has 0 saturated carbocycles. The Labute approximate surface area is 156 Å². The van der Waals surface area contributed by atoms with Gasteiger partial charge in [0.15, 0.2) is 0 Å². The van der Waals surface area contributed by atoms with Gasteiger partial charge in [-0.1, -0.05) is 30.3 Å². The summed E-state index contributed by atoms with van der Waals surface area (Å²) >= 11 is 0. The molecule has 6 heteroatoms. The van der Waals surface area contributed by atoms with Gasteiger partial charge in [-0.15, -0.1) is 0 Å². The lowest BCUT2D eigenvalue weighted by Gasteiger charge is -2.06. The molecule has 1 amide bonds. The minimum atomic E-state index is -0.151. The lowest BCUT2D eigenvalue weighted by molar-refractivity contribution is 0.0950. The zero-order valence-electron chi connectivity index (χ0n) is 14.6. The molecular weight excluding hydrogens is 340 g/mol. The van der Waals surface area contributed by atoms with Gasteiger partial charge in [-0.2, -0.15) is 5.10 Å². The normalized spacial score (nSPS) is 10.7. The van der Waals surface area contributed by atoms with Gasteiger partial charge in [0.25, 0.3) is 5.91 Å². The second-order valence-corrected chi connectivity index (χ2v) is 6.10. The van der Waals surface area contributed by atoms with Gasteiger partial charge in [0.1, 0.15) is 6.26 Å². The number of nitrogens with one attached hydrogen (secondary N) is 1. The van der Waals surface area contributed by atoms with Crippen molar-refractivity contribution in [2.45, 2.75) is 13.1 Å². The van der Waals surface area contributed by atoms with Crippen LogP contribution in [0.25, 0.3) is 11.5 Å². The van der Waals surface area contributed by atoms with Gasteiger partial charge in [0.05, 0.1) is 18.8 Å². The Balaban J connectivity index is 1.39. The predicted molar refractivity (Wildman–Crippen MR) is 101 cm³/mol. The van der Waals surface area contributed by atoms with Crippen LogP contribution >= 0.6 is 0 Å². The van der Waals surface area contributed by atoms with Crippen LogP contribution in [0.2, 0.25) is 0 Å². The number of benzene rings is 2. The second kappa shape index (κ2) is 7.70. The van der Waals surface area contributed by atoms with E-state index in [-0.39, 0.29) is 5.91 Å². The van der Waals surface area contributed by atoms with Crippen LogP contribution in [0, 0.1) is 0 Å². The van der Waals surface area contributed by atoms with Gasteiger partial charge in [0, 0.05) is 23.5 Å². The van der Waals surface area contributed by atoms with Crippen molar-refractivity contribution in [3.8, 4) is 11.5 Å². The number of nitrogens with zero attached hydrogens (tertiary/aromatic N) is 3. The summed E-state index contributed by atoms with van der Waals surface area (Å²) in [4.78, 5) is 16.9. The fraction of sp³-hybridized carbons (Fsp3) is 0.0952. The molecule has 0 aliphatic rings. The van der Waals surface area contributed by atoms with Gasteiger partial charge in [0.2, 0.25) is 5.89 Å². The zero-order valence-corrected chi connectivity index (χ0v) is 14.6. The van der Waals surface area contributed by atoms with Crippen LogP contribution in [0.1, 0.15) is 21.6 Å². The first-order valence-corrected chi connectivity index (χ1v) is 8.62. The van der Waals surface area contributed by atoms with Crippen LogP contribution in [0.15, 0.2) is 83.7 Å². The fourth-order valence-electron chi connectivity index (χ4n) is 2.77. The third-order valence-corrected chi connectivity index (χ3v) is 4.10. The average molecular weight is 358 g/mol. The molecule has 2 heterocycles. The number of oxazole rings is 1. The number of hydrogen-bond acceptors (Lipinski definition) is 4. The Morgan fingerprint density at radius 2 is 1.96 bits per heavy atom. The topological polar surface area (TPSA) is 73.0 Å². The molecule has 0 radical (unpaired) electrons. The largest absolute Gasteiger partial charge is 0.444 e. The van der Waals surface area contributed by atoms with Crippen LogP contribution < -0.4 is 5.32 Å². The first kappa shape index (κ1) is 16.8. The highest BCUT2D eigenvalue weighted by molar-refractivity contribution is 5.94. The van der Waals surface area contributed by atoms with Crippen molar-refractivity contribution in [3.05, 3.63) is 96.1 Å². The summed E-state index contributed by atoms with van der Waals surface area (Å²) in [5.74, 6) is 0.391. The predicted octanol–water partition coefficient (Wildman–Crippen LogP) is 3.52. The van der Waals surface area contributed by atoms with Crippen molar-refractivity contribution >= 4 is 5.91 Å². The highest BCUT2D eigenvalue weighted by Gasteiger charge is 2.10. The highest BCUT2D eigenvalue weighted by Crippen LogP contribution is 2.17. The number of aromatic nitrogens is 3. The third kappa shape index (κ3) is 4.12. The molecule has 4 rings (SSSR count). The maximum atomic E-state index is 12.5. The first-order chi connectivity index (χ1) is 13.3. The van der Waals surface area contributed by atoms with Crippen molar-refractivity contribution in [3.63, 3.8) is 0 Å². The number of carbonyl (C=O) groups is 1. The van der Waals surface area contributed by atoms with E-state index in [4.69, 9.17) is 4.42 Å². The molecule has 0 saturated heterocycles. The summed E-state index contributed by atoms with van der Waals surface area (Å²) in [5.41, 5.74) is 3.20. The van der Waals surface area contributed by atoms with E-state index in [0.29, 0.717) is 30.2 Å². The van der Waals surface area contributed by atoms with Crippen LogP contribution in [-0.4, -0.2) is 20.7 Å². The lowest BCUT2D eigenvalue weighted by atomic mass is 10.1. The minimum absolute atomic E-state index is 0.151. The van der Waals surface area contributed by atoms with E-state index in [1.807, 2.05) is 65.5 Å². The third-order valence-electron chi connectivity index (χ3n) is 4.10. The van der Waals surface area contributed by atoms with Crippen molar-refractivity contribution in [1.29, 1.82) is 0 Å². The molecule has 0 atom stereocenters. The van der Waals surface area contributed by atoms with Crippen molar-refractivity contribution in [2.75, 3.05) is 0 Å². The van der Waals surface area contributed by atoms with Gasteiger partial charge in [-0.3, -0.25) is 9.48 Å². The molecule has 0 spiro atoms. The SMILES string of the molecule is O=C(NCc1coc(-c2ccccc2)n1)c1cccc(Cn2cccn2)c1. The zero-order chi connectivity index (χ0) is 18.5. The fourth-order valence-corrected chi connectivity index (χ4v) is 2.77. The van der Waals surface area contributed by atoms with E-state index < -0.39 is 0 Å². The summed E-state index contributed by atoms with van der Waals surface area (Å²) in [7, 11) is 0. The van der Waals surface area contributed by atoms with E-state index in [1.54, 1.807) is 18.5 Å². The van der Waals surface area contributed by atoms with Gasteiger partial charge < -0.3 is 9.73 Å². The lowest BCUT2D eigenvalue weighted by Crippen LogP contribution is -2.23. The molecule has 1 N–H and O–H groups in total. The molecular formula is C21H18N4O2. The molecule has 6 nitrogen and oxygen atoms in total. The van der Waals surface area contributed by atoms with E-state index in [9.17, 15) is 4.79 Å². The van der Waals surface area contributed by atoms with Crippen LogP contribution in [-0.2, 0) is 13.1 Å². The van der Waals surface area contributed by atoms with Crippen molar-refractivity contribution in [1.82, 2.24) is 20.1 Å². The Hall–Kier alpha value is -3.67. The number of carbonyl (C=O) groups excluding carboxylic acids is 1. The van der Waals surface area contributed by atoms with E-state index in [0.717, 1.165) is 11.1 Å². The van der Waals surface area contributed by atoms with E-state index in [2.05, 4.69) is 15.4 Å². The van der Waals surface area contributed by atoms with Gasteiger partial charge >= 0.3 is 0 Å². The Morgan fingerprint density at radius 1 is 1.07 bits per heavy atom. The van der Waals surface area contributed by atoms with Gasteiger partial charge in [-0.25, -0.2) is 4.98 Å². The van der Waals surface area contributed by atoms with Gasteiger partial charge in [-0.05, 0) is 35.9 Å². The van der Waals surface area contributed by atoms with Crippen molar-refractivity contribution < 1.29 is 9.21 Å². The highest BCUT2D eigenvalue weighted by atomic mass is 16.3. The van der Waals surface area contributed by atoms with E-state index in [1.165, 1.54) is 0 Å². The van der Waals surface area contributed by atoms with E-state index >= 15 is 0 Å². The Bertz CT molecular complexity index is 1020.